The number of aromatic nitrogens is 2. The number of aryl methyl sites for hydroxylation is 1. The maximum atomic E-state index is 9.41. The van der Waals surface area contributed by atoms with Gasteiger partial charge in [0.15, 0.2) is 11.5 Å². The second-order valence-electron chi connectivity index (χ2n) is 6.47. The molecule has 0 saturated heterocycles. The summed E-state index contributed by atoms with van der Waals surface area (Å²) in [5.74, 6) is 3.16. The van der Waals surface area contributed by atoms with Gasteiger partial charge in [-0.25, -0.2) is 9.97 Å². The standard InChI is InChI=1S/C21H24N4O3S/c1-6-7-23-20-18-12(2)16(11-22)29-21(18)25-17(24-20)10-13-8-14(26-3)19(28-5)15(9-13)27-4/h8-9H,6-7,10H2,1-5H3,(H,23,24,25). The summed E-state index contributed by atoms with van der Waals surface area (Å²) in [6.07, 6.45) is 1.47. The summed E-state index contributed by atoms with van der Waals surface area (Å²) in [6.45, 7) is 4.84. The smallest absolute Gasteiger partial charge is 0.203 e. The first kappa shape index (κ1) is 20.7. The first-order valence-corrected chi connectivity index (χ1v) is 10.1. The number of nitrogens with zero attached hydrogens (tertiary/aromatic N) is 3. The summed E-state index contributed by atoms with van der Waals surface area (Å²) in [4.78, 5) is 11.0. The van der Waals surface area contributed by atoms with E-state index in [1.807, 2.05) is 19.1 Å². The molecule has 0 radical (unpaired) electrons. The summed E-state index contributed by atoms with van der Waals surface area (Å²) >= 11 is 1.40. The molecule has 0 spiro atoms. The van der Waals surface area contributed by atoms with Gasteiger partial charge in [-0.05, 0) is 36.6 Å². The Bertz CT molecular complexity index is 1050. The number of benzene rings is 1. The Kier molecular flexibility index (Phi) is 6.39. The van der Waals surface area contributed by atoms with Crippen LogP contribution in [0.5, 0.6) is 17.2 Å². The average molecular weight is 413 g/mol. The van der Waals surface area contributed by atoms with Crippen LogP contribution < -0.4 is 19.5 Å². The molecular formula is C21H24N4O3S. The molecule has 1 aromatic carbocycles. The van der Waals surface area contributed by atoms with Crippen molar-refractivity contribution in [2.75, 3.05) is 33.2 Å². The predicted octanol–water partition coefficient (Wildman–Crippen LogP) is 4.31. The molecule has 0 saturated carbocycles. The van der Waals surface area contributed by atoms with Crippen molar-refractivity contribution in [1.82, 2.24) is 9.97 Å². The second-order valence-corrected chi connectivity index (χ2v) is 7.47. The second kappa shape index (κ2) is 8.97. The molecule has 0 atom stereocenters. The maximum Gasteiger partial charge on any atom is 0.203 e. The minimum absolute atomic E-state index is 0.492. The van der Waals surface area contributed by atoms with E-state index < -0.39 is 0 Å². The summed E-state index contributed by atoms with van der Waals surface area (Å²) in [5.41, 5.74) is 1.86. The number of anilines is 1. The lowest BCUT2D eigenvalue weighted by molar-refractivity contribution is 0.324. The van der Waals surface area contributed by atoms with Gasteiger partial charge in [-0.15, -0.1) is 11.3 Å². The third kappa shape index (κ3) is 4.05. The van der Waals surface area contributed by atoms with Crippen molar-refractivity contribution >= 4 is 27.4 Å². The fourth-order valence-electron chi connectivity index (χ4n) is 3.16. The Morgan fingerprint density at radius 1 is 1.10 bits per heavy atom. The summed E-state index contributed by atoms with van der Waals surface area (Å²) in [7, 11) is 4.76. The molecule has 152 valence electrons. The van der Waals surface area contributed by atoms with E-state index in [-0.39, 0.29) is 0 Å². The molecule has 3 aromatic rings. The largest absolute Gasteiger partial charge is 0.493 e. The zero-order valence-electron chi connectivity index (χ0n) is 17.3. The van der Waals surface area contributed by atoms with Crippen LogP contribution in [-0.2, 0) is 6.42 Å². The number of nitriles is 1. The molecule has 0 aliphatic rings. The van der Waals surface area contributed by atoms with Crippen LogP contribution in [0.1, 0.15) is 35.2 Å². The molecule has 0 aliphatic heterocycles. The van der Waals surface area contributed by atoms with E-state index >= 15 is 0 Å². The maximum absolute atomic E-state index is 9.41. The van der Waals surface area contributed by atoms with Gasteiger partial charge in [0.2, 0.25) is 5.75 Å². The normalized spacial score (nSPS) is 10.6. The zero-order valence-corrected chi connectivity index (χ0v) is 18.1. The van der Waals surface area contributed by atoms with Crippen molar-refractivity contribution in [3.05, 3.63) is 34.0 Å². The first-order chi connectivity index (χ1) is 14.1. The lowest BCUT2D eigenvalue weighted by Gasteiger charge is -2.14. The number of fused-ring (bicyclic) bond motifs is 1. The van der Waals surface area contributed by atoms with E-state index in [9.17, 15) is 5.26 Å². The summed E-state index contributed by atoms with van der Waals surface area (Å²) < 4.78 is 16.3. The van der Waals surface area contributed by atoms with Crippen LogP contribution in [0, 0.1) is 18.3 Å². The van der Waals surface area contributed by atoms with Crippen LogP contribution in [0.3, 0.4) is 0 Å². The van der Waals surface area contributed by atoms with E-state index in [1.165, 1.54) is 11.3 Å². The third-order valence-corrected chi connectivity index (χ3v) is 5.66. The molecule has 0 aliphatic carbocycles. The van der Waals surface area contributed by atoms with Gasteiger partial charge < -0.3 is 19.5 Å². The number of rotatable bonds is 8. The summed E-state index contributed by atoms with van der Waals surface area (Å²) in [5, 5.41) is 13.7. The van der Waals surface area contributed by atoms with Gasteiger partial charge in [0.1, 0.15) is 27.4 Å². The fraction of sp³-hybridized carbons (Fsp3) is 0.381. The molecule has 0 bridgehead atoms. The Morgan fingerprint density at radius 3 is 2.34 bits per heavy atom. The van der Waals surface area contributed by atoms with Crippen molar-refractivity contribution in [3.8, 4) is 23.3 Å². The van der Waals surface area contributed by atoms with E-state index in [1.54, 1.807) is 21.3 Å². The van der Waals surface area contributed by atoms with E-state index in [4.69, 9.17) is 24.2 Å². The van der Waals surface area contributed by atoms with Crippen molar-refractivity contribution in [2.24, 2.45) is 0 Å². The Hall–Kier alpha value is -3.05. The van der Waals surface area contributed by atoms with Gasteiger partial charge in [-0.2, -0.15) is 5.26 Å². The number of hydrogen-bond donors (Lipinski definition) is 1. The van der Waals surface area contributed by atoms with Crippen LogP contribution in [0.25, 0.3) is 10.2 Å². The topological polar surface area (TPSA) is 89.3 Å². The van der Waals surface area contributed by atoms with Crippen LogP contribution in [-0.4, -0.2) is 37.8 Å². The van der Waals surface area contributed by atoms with Crippen LogP contribution >= 0.6 is 11.3 Å². The van der Waals surface area contributed by atoms with Crippen LogP contribution in [0.4, 0.5) is 5.82 Å². The number of hydrogen-bond acceptors (Lipinski definition) is 8. The van der Waals surface area contributed by atoms with Crippen LogP contribution in [0.2, 0.25) is 0 Å². The number of methoxy groups -OCH3 is 3. The monoisotopic (exact) mass is 412 g/mol. The lowest BCUT2D eigenvalue weighted by atomic mass is 10.1. The van der Waals surface area contributed by atoms with Gasteiger partial charge in [0, 0.05) is 13.0 Å². The number of thiophene rings is 1. The van der Waals surface area contributed by atoms with Gasteiger partial charge in [-0.1, -0.05) is 6.92 Å². The number of nitrogens with one attached hydrogen (secondary N) is 1. The molecule has 7 nitrogen and oxygen atoms in total. The molecule has 0 unspecified atom stereocenters. The molecule has 0 amide bonds. The molecule has 2 aromatic heterocycles. The third-order valence-electron chi connectivity index (χ3n) is 4.57. The Balaban J connectivity index is 2.07. The van der Waals surface area contributed by atoms with E-state index in [0.717, 1.165) is 40.1 Å². The Morgan fingerprint density at radius 2 is 1.79 bits per heavy atom. The van der Waals surface area contributed by atoms with Crippen molar-refractivity contribution in [3.63, 3.8) is 0 Å². The molecule has 2 heterocycles. The highest BCUT2D eigenvalue weighted by molar-refractivity contribution is 7.19. The highest BCUT2D eigenvalue weighted by atomic mass is 32.1. The minimum atomic E-state index is 0.492. The molecule has 3 rings (SSSR count). The van der Waals surface area contributed by atoms with Gasteiger partial charge in [0.25, 0.3) is 0 Å². The minimum Gasteiger partial charge on any atom is -0.493 e. The Labute approximate surface area is 174 Å². The average Bonchev–Trinajstić information content (AvgIpc) is 3.06. The van der Waals surface area contributed by atoms with E-state index in [2.05, 4.69) is 18.3 Å². The first-order valence-electron chi connectivity index (χ1n) is 9.29. The molecule has 0 fully saturated rings. The lowest BCUT2D eigenvalue weighted by Crippen LogP contribution is -2.06. The molecular weight excluding hydrogens is 388 g/mol. The molecule has 1 N–H and O–H groups in total. The highest BCUT2D eigenvalue weighted by Gasteiger charge is 2.18. The van der Waals surface area contributed by atoms with Crippen molar-refractivity contribution < 1.29 is 14.2 Å². The SMILES string of the molecule is CCCNc1nc(Cc2cc(OC)c(OC)c(OC)c2)nc2sc(C#N)c(C)c12. The van der Waals surface area contributed by atoms with Gasteiger partial charge >= 0.3 is 0 Å². The molecule has 8 heteroatoms. The summed E-state index contributed by atoms with van der Waals surface area (Å²) in [6, 6.07) is 6.05. The van der Waals surface area contributed by atoms with Crippen molar-refractivity contribution in [2.45, 2.75) is 26.7 Å². The quantitative estimate of drug-likeness (QED) is 0.590. The molecule has 29 heavy (non-hydrogen) atoms. The zero-order chi connectivity index (χ0) is 21.0. The highest BCUT2D eigenvalue weighted by Crippen LogP contribution is 2.39. The fourth-order valence-corrected chi connectivity index (χ4v) is 4.16. The van der Waals surface area contributed by atoms with Crippen LogP contribution in [0.15, 0.2) is 12.1 Å². The van der Waals surface area contributed by atoms with Gasteiger partial charge in [-0.3, -0.25) is 0 Å². The van der Waals surface area contributed by atoms with E-state index in [0.29, 0.717) is 34.4 Å². The van der Waals surface area contributed by atoms with Crippen molar-refractivity contribution in [1.29, 1.82) is 5.26 Å². The van der Waals surface area contributed by atoms with Gasteiger partial charge in [0.05, 0.1) is 26.7 Å². The number of ether oxygens (including phenoxy) is 3. The predicted molar refractivity (Wildman–Crippen MR) is 115 cm³/mol.